The lowest BCUT2D eigenvalue weighted by molar-refractivity contribution is -0.152. The van der Waals surface area contributed by atoms with Crippen molar-refractivity contribution in [3.63, 3.8) is 0 Å². The van der Waals surface area contributed by atoms with E-state index in [4.69, 9.17) is 9.47 Å². The monoisotopic (exact) mass is 477 g/mol. The summed E-state index contributed by atoms with van der Waals surface area (Å²) >= 11 is 1.52. The number of aliphatic hydroxyl groups is 1. The maximum atomic E-state index is 13.9. The van der Waals surface area contributed by atoms with E-state index in [9.17, 15) is 19.5 Å². The van der Waals surface area contributed by atoms with Gasteiger partial charge in [-0.25, -0.2) is 0 Å². The predicted molar refractivity (Wildman–Crippen MR) is 121 cm³/mol. The number of carbonyl (C=O) groups is 3. The van der Waals surface area contributed by atoms with Crippen LogP contribution in [-0.4, -0.2) is 119 Å². The van der Waals surface area contributed by atoms with Gasteiger partial charge in [0.15, 0.2) is 0 Å². The Kier molecular flexibility index (Phi) is 6.05. The molecule has 1 spiro atoms. The number of thioether (sulfide) groups is 1. The van der Waals surface area contributed by atoms with Gasteiger partial charge >= 0.3 is 5.97 Å². The first kappa shape index (κ1) is 22.9. The van der Waals surface area contributed by atoms with Gasteiger partial charge in [-0.15, -0.1) is 11.8 Å². The molecule has 9 nitrogen and oxygen atoms in total. The van der Waals surface area contributed by atoms with Crippen molar-refractivity contribution in [2.45, 2.75) is 22.5 Å². The number of β-amino-alcohol motifs (C(OH)–C–C–N with tert-alkyl or cyclic N) is 1. The Balaban J connectivity index is 1.48. The maximum Gasteiger partial charge on any atom is 0.311 e. The van der Waals surface area contributed by atoms with E-state index in [2.05, 4.69) is 4.90 Å². The summed E-state index contributed by atoms with van der Waals surface area (Å²) in [5, 5.41) is 9.71. The molecule has 33 heavy (non-hydrogen) atoms. The van der Waals surface area contributed by atoms with Gasteiger partial charge in [-0.05, 0) is 13.0 Å². The highest BCUT2D eigenvalue weighted by Crippen LogP contribution is 2.65. The Bertz CT molecular complexity index is 889. The number of likely N-dealkylation sites (tertiary alicyclic amines) is 1. The number of amides is 2. The fraction of sp³-hybridized carbons (Fsp3) is 0.696. The van der Waals surface area contributed by atoms with Gasteiger partial charge in [0.25, 0.3) is 0 Å². The molecule has 0 aliphatic carbocycles. The summed E-state index contributed by atoms with van der Waals surface area (Å²) in [6, 6.07) is -0.763. The van der Waals surface area contributed by atoms with Crippen LogP contribution in [0.5, 0.6) is 0 Å². The summed E-state index contributed by atoms with van der Waals surface area (Å²) in [5.74, 6) is -2.17. The van der Waals surface area contributed by atoms with Crippen molar-refractivity contribution in [2.24, 2.45) is 11.8 Å². The number of nitrogens with zero attached hydrogens (tertiary/aromatic N) is 3. The number of fused-ring (bicyclic) bond motifs is 2. The number of rotatable bonds is 5. The zero-order chi connectivity index (χ0) is 23.2. The first-order valence-corrected chi connectivity index (χ1v) is 12.5. The van der Waals surface area contributed by atoms with Crippen LogP contribution in [0.2, 0.25) is 0 Å². The van der Waals surface area contributed by atoms with E-state index in [-0.39, 0.29) is 31.6 Å². The summed E-state index contributed by atoms with van der Waals surface area (Å²) in [5.41, 5.74) is 0. The third kappa shape index (κ3) is 3.62. The molecule has 5 aliphatic heterocycles. The van der Waals surface area contributed by atoms with E-state index < -0.39 is 33.3 Å². The smallest absolute Gasteiger partial charge is 0.311 e. The highest BCUT2D eigenvalue weighted by atomic mass is 32.2. The van der Waals surface area contributed by atoms with E-state index in [1.54, 1.807) is 4.90 Å². The standard InChI is InChI=1S/C23H31N3O6S/c1-22-4-3-13-32-21(30)17(22)16-19(28)26(9-12-27)18-20(29)25(6-2-5-23(16,18)33-22)8-7-24-10-14-31-15-11-24/h2-5,16-18,27H,6-15H2,1H3/t16-,17-,18?,22+,23-/m0/s1. The van der Waals surface area contributed by atoms with Crippen molar-refractivity contribution in [1.82, 2.24) is 14.7 Å². The number of hydrogen-bond acceptors (Lipinski definition) is 8. The second kappa shape index (κ2) is 8.72. The molecule has 1 N–H and O–H groups in total. The van der Waals surface area contributed by atoms with Crippen LogP contribution in [0.25, 0.3) is 0 Å². The lowest BCUT2D eigenvalue weighted by Crippen LogP contribution is -2.55. The number of esters is 1. The van der Waals surface area contributed by atoms with Crippen LogP contribution in [0.3, 0.4) is 0 Å². The molecule has 3 fully saturated rings. The number of cyclic esters (lactones) is 1. The Morgan fingerprint density at radius 3 is 2.61 bits per heavy atom. The minimum Gasteiger partial charge on any atom is -0.461 e. The molecule has 180 valence electrons. The zero-order valence-electron chi connectivity index (χ0n) is 18.9. The third-order valence-corrected chi connectivity index (χ3v) is 9.32. The molecule has 2 amide bonds. The van der Waals surface area contributed by atoms with Gasteiger partial charge in [0.1, 0.15) is 12.6 Å². The molecular weight excluding hydrogens is 446 g/mol. The largest absolute Gasteiger partial charge is 0.461 e. The summed E-state index contributed by atoms with van der Waals surface area (Å²) in [6.07, 6.45) is 7.73. The molecule has 5 heterocycles. The van der Waals surface area contributed by atoms with Crippen LogP contribution in [0.15, 0.2) is 24.3 Å². The molecule has 0 saturated carbocycles. The SMILES string of the molecule is C[C@@]12C=CCOC(=O)[C@@H]1[C@H]1C(=O)N(CCO)C3C(=O)N(CCN4CCOCC4)CC=C[C@@]31S2. The van der Waals surface area contributed by atoms with Gasteiger partial charge in [-0.2, -0.15) is 0 Å². The van der Waals surface area contributed by atoms with E-state index >= 15 is 0 Å². The summed E-state index contributed by atoms with van der Waals surface area (Å²) in [6.45, 7) is 6.78. The first-order chi connectivity index (χ1) is 15.9. The van der Waals surface area contributed by atoms with Crippen molar-refractivity contribution < 1.29 is 29.0 Å². The van der Waals surface area contributed by atoms with Crippen LogP contribution in [0.4, 0.5) is 0 Å². The summed E-state index contributed by atoms with van der Waals surface area (Å²) < 4.78 is 9.29. The van der Waals surface area contributed by atoms with E-state index in [1.165, 1.54) is 16.7 Å². The van der Waals surface area contributed by atoms with Crippen molar-refractivity contribution in [3.05, 3.63) is 24.3 Å². The first-order valence-electron chi connectivity index (χ1n) is 11.6. The van der Waals surface area contributed by atoms with Gasteiger partial charge in [0.2, 0.25) is 11.8 Å². The predicted octanol–water partition coefficient (Wildman–Crippen LogP) is -0.490. The lowest BCUT2D eigenvalue weighted by Gasteiger charge is -2.37. The topological polar surface area (TPSA) is 99.6 Å². The summed E-state index contributed by atoms with van der Waals surface area (Å²) in [4.78, 5) is 46.2. The molecule has 0 radical (unpaired) electrons. The number of morpholine rings is 1. The molecule has 0 aromatic carbocycles. The van der Waals surface area contributed by atoms with Gasteiger partial charge in [0.05, 0.1) is 36.4 Å². The highest BCUT2D eigenvalue weighted by molar-refractivity contribution is 8.02. The second-order valence-electron chi connectivity index (χ2n) is 9.43. The molecule has 3 saturated heterocycles. The molecule has 10 heteroatoms. The number of hydrogen-bond donors (Lipinski definition) is 1. The molecule has 0 aromatic rings. The Morgan fingerprint density at radius 1 is 1.06 bits per heavy atom. The number of aliphatic hydroxyl groups excluding tert-OH is 1. The Hall–Kier alpha value is -1.88. The lowest BCUT2D eigenvalue weighted by atomic mass is 9.75. The Labute approximate surface area is 197 Å². The quantitative estimate of drug-likeness (QED) is 0.418. The maximum absolute atomic E-state index is 13.9. The van der Waals surface area contributed by atoms with Gasteiger partial charge in [0, 0.05) is 44.0 Å². The fourth-order valence-electron chi connectivity index (χ4n) is 6.04. The van der Waals surface area contributed by atoms with Crippen LogP contribution in [0.1, 0.15) is 6.92 Å². The average Bonchev–Trinajstić information content (AvgIpc) is 3.05. The van der Waals surface area contributed by atoms with E-state index in [1.807, 2.05) is 31.2 Å². The third-order valence-electron chi connectivity index (χ3n) is 7.53. The normalized spacial score (nSPS) is 38.6. The zero-order valence-corrected chi connectivity index (χ0v) is 19.7. The number of carbonyl (C=O) groups excluding carboxylic acids is 3. The molecule has 5 aliphatic rings. The summed E-state index contributed by atoms with van der Waals surface area (Å²) in [7, 11) is 0. The van der Waals surface area contributed by atoms with Crippen molar-refractivity contribution >= 4 is 29.5 Å². The van der Waals surface area contributed by atoms with E-state index in [0.29, 0.717) is 26.3 Å². The van der Waals surface area contributed by atoms with Gasteiger partial charge in [-0.1, -0.05) is 18.2 Å². The van der Waals surface area contributed by atoms with E-state index in [0.717, 1.165) is 19.6 Å². The van der Waals surface area contributed by atoms with Gasteiger partial charge < -0.3 is 24.4 Å². The average molecular weight is 478 g/mol. The molecular formula is C23H31N3O6S. The minimum absolute atomic E-state index is 0.0630. The van der Waals surface area contributed by atoms with Crippen molar-refractivity contribution in [2.75, 3.05) is 65.7 Å². The minimum atomic E-state index is -0.878. The Morgan fingerprint density at radius 2 is 1.85 bits per heavy atom. The molecule has 0 bridgehead atoms. The van der Waals surface area contributed by atoms with Crippen molar-refractivity contribution in [1.29, 1.82) is 0 Å². The number of ether oxygens (including phenoxy) is 2. The molecule has 5 atom stereocenters. The second-order valence-corrected chi connectivity index (χ2v) is 11.2. The van der Waals surface area contributed by atoms with Crippen LogP contribution >= 0.6 is 11.8 Å². The van der Waals surface area contributed by atoms with Crippen LogP contribution < -0.4 is 0 Å². The highest BCUT2D eigenvalue weighted by Gasteiger charge is 2.73. The molecule has 0 aromatic heterocycles. The van der Waals surface area contributed by atoms with Crippen LogP contribution in [-0.2, 0) is 23.9 Å². The van der Waals surface area contributed by atoms with Crippen LogP contribution in [0, 0.1) is 11.8 Å². The molecule has 5 rings (SSSR count). The fourth-order valence-corrected chi connectivity index (χ4v) is 8.19. The van der Waals surface area contributed by atoms with Crippen molar-refractivity contribution in [3.8, 4) is 0 Å². The van der Waals surface area contributed by atoms with Gasteiger partial charge in [-0.3, -0.25) is 19.3 Å². The molecule has 1 unspecified atom stereocenters.